The summed E-state index contributed by atoms with van der Waals surface area (Å²) >= 11 is 0. The van der Waals surface area contributed by atoms with Crippen molar-refractivity contribution in [1.29, 1.82) is 0 Å². The first-order valence-electron chi connectivity index (χ1n) is 6.66. The Morgan fingerprint density at radius 3 is 2.95 bits per heavy atom. The van der Waals surface area contributed by atoms with E-state index in [2.05, 4.69) is 17.3 Å². The lowest BCUT2D eigenvalue weighted by Gasteiger charge is -2.26. The molecule has 0 radical (unpaired) electrons. The molecule has 0 aromatic carbocycles. The summed E-state index contributed by atoms with van der Waals surface area (Å²) < 4.78 is 1.82. The van der Waals surface area contributed by atoms with Crippen LogP contribution in [0.2, 0.25) is 0 Å². The van der Waals surface area contributed by atoms with Crippen LogP contribution in [-0.4, -0.2) is 39.4 Å². The van der Waals surface area contributed by atoms with Gasteiger partial charge in [0, 0.05) is 31.6 Å². The van der Waals surface area contributed by atoms with E-state index in [0.717, 1.165) is 17.7 Å². The van der Waals surface area contributed by atoms with Crippen LogP contribution in [0.15, 0.2) is 0 Å². The highest BCUT2D eigenvalue weighted by Gasteiger charge is 2.36. The zero-order chi connectivity index (χ0) is 13.8. The van der Waals surface area contributed by atoms with Crippen molar-refractivity contribution in [3.8, 4) is 0 Å². The number of hydroxylamine groups is 2. The van der Waals surface area contributed by atoms with Crippen LogP contribution in [-0.2, 0) is 24.3 Å². The molecule has 2 aliphatic heterocycles. The fourth-order valence-corrected chi connectivity index (χ4v) is 2.84. The summed E-state index contributed by atoms with van der Waals surface area (Å²) in [5.74, 6) is -0.115. The molecular formula is C13H20N4O2. The molecule has 0 saturated carbocycles. The third kappa shape index (κ3) is 2.04. The number of hydrogen-bond donors (Lipinski definition) is 1. The summed E-state index contributed by atoms with van der Waals surface area (Å²) in [4.78, 5) is 18.1. The smallest absolute Gasteiger partial charge is 0.295 e. The topological polar surface area (TPSA) is 59.4 Å². The average molecular weight is 264 g/mol. The molecule has 0 fully saturated rings. The van der Waals surface area contributed by atoms with E-state index in [1.807, 2.05) is 18.5 Å². The summed E-state index contributed by atoms with van der Waals surface area (Å²) in [6.45, 7) is 7.35. The highest BCUT2D eigenvalue weighted by molar-refractivity contribution is 5.93. The van der Waals surface area contributed by atoms with Crippen LogP contribution in [0.25, 0.3) is 0 Å². The largest absolute Gasteiger partial charge is 0.310 e. The molecule has 1 aromatic rings. The lowest BCUT2D eigenvalue weighted by molar-refractivity contribution is -0.190. The normalized spacial score (nSPS) is 25.8. The highest BCUT2D eigenvalue weighted by atomic mass is 16.7. The average Bonchev–Trinajstić information content (AvgIpc) is 2.58. The van der Waals surface area contributed by atoms with Gasteiger partial charge in [0.05, 0.1) is 12.2 Å². The Morgan fingerprint density at radius 1 is 1.47 bits per heavy atom. The summed E-state index contributed by atoms with van der Waals surface area (Å²) in [6.07, 6.45) is 0.869. The molecule has 0 bridgehead atoms. The minimum absolute atomic E-state index is 0.115. The van der Waals surface area contributed by atoms with Crippen LogP contribution in [0.1, 0.15) is 42.5 Å². The molecule has 1 aromatic heterocycles. The minimum atomic E-state index is -0.441. The van der Waals surface area contributed by atoms with Crippen LogP contribution < -0.4 is 5.32 Å². The van der Waals surface area contributed by atoms with Crippen molar-refractivity contribution in [2.45, 2.75) is 51.9 Å². The van der Waals surface area contributed by atoms with Gasteiger partial charge in [-0.2, -0.15) is 5.10 Å². The Bertz CT molecular complexity index is 535. The SMILES string of the molecule is C[C@@H]1Cc2nn3c(c2CN1)C(=O)N(C)OC(C)(C)C3. The number of rotatable bonds is 0. The minimum Gasteiger partial charge on any atom is -0.310 e. The molecule has 0 unspecified atom stereocenters. The summed E-state index contributed by atoms with van der Waals surface area (Å²) in [5, 5.41) is 9.35. The molecule has 3 rings (SSSR count). The molecule has 1 N–H and O–H groups in total. The molecule has 1 atom stereocenters. The number of carbonyl (C=O) groups is 1. The second-order valence-electron chi connectivity index (χ2n) is 6.07. The first-order valence-corrected chi connectivity index (χ1v) is 6.66. The van der Waals surface area contributed by atoms with Crippen molar-refractivity contribution in [3.63, 3.8) is 0 Å². The number of carbonyl (C=O) groups excluding carboxylic acids is 1. The van der Waals surface area contributed by atoms with Crippen molar-refractivity contribution in [2.75, 3.05) is 7.05 Å². The number of fused-ring (bicyclic) bond motifs is 3. The number of hydrogen-bond acceptors (Lipinski definition) is 4. The van der Waals surface area contributed by atoms with Gasteiger partial charge in [0.1, 0.15) is 11.3 Å². The summed E-state index contributed by atoms with van der Waals surface area (Å²) in [7, 11) is 1.66. The Labute approximate surface area is 112 Å². The van der Waals surface area contributed by atoms with Crippen molar-refractivity contribution in [2.24, 2.45) is 0 Å². The lowest BCUT2D eigenvalue weighted by Crippen LogP contribution is -2.37. The number of nitrogens with zero attached hydrogens (tertiary/aromatic N) is 3. The van der Waals surface area contributed by atoms with Crippen molar-refractivity contribution in [3.05, 3.63) is 17.0 Å². The molecular weight excluding hydrogens is 244 g/mol. The molecule has 3 heterocycles. The van der Waals surface area contributed by atoms with Gasteiger partial charge in [-0.05, 0) is 20.8 Å². The van der Waals surface area contributed by atoms with Gasteiger partial charge in [0.25, 0.3) is 5.91 Å². The van der Waals surface area contributed by atoms with E-state index in [0.29, 0.717) is 24.8 Å². The van der Waals surface area contributed by atoms with Gasteiger partial charge >= 0.3 is 0 Å². The van der Waals surface area contributed by atoms with Crippen molar-refractivity contribution < 1.29 is 9.63 Å². The van der Waals surface area contributed by atoms with Gasteiger partial charge in [-0.3, -0.25) is 14.3 Å². The van der Waals surface area contributed by atoms with Crippen LogP contribution in [0.4, 0.5) is 0 Å². The summed E-state index contributed by atoms with van der Waals surface area (Å²) in [6, 6.07) is 0.406. The molecule has 2 aliphatic rings. The molecule has 19 heavy (non-hydrogen) atoms. The van der Waals surface area contributed by atoms with Gasteiger partial charge in [-0.1, -0.05) is 0 Å². The zero-order valence-corrected chi connectivity index (χ0v) is 11.9. The van der Waals surface area contributed by atoms with E-state index in [4.69, 9.17) is 4.84 Å². The zero-order valence-electron chi connectivity index (χ0n) is 11.9. The number of aromatic nitrogens is 2. The maximum atomic E-state index is 12.5. The van der Waals surface area contributed by atoms with Gasteiger partial charge in [-0.25, -0.2) is 5.06 Å². The van der Waals surface area contributed by atoms with Crippen LogP contribution >= 0.6 is 0 Å². The van der Waals surface area contributed by atoms with E-state index < -0.39 is 5.60 Å². The second kappa shape index (κ2) is 4.05. The summed E-state index contributed by atoms with van der Waals surface area (Å²) in [5.41, 5.74) is 2.29. The lowest BCUT2D eigenvalue weighted by atomic mass is 10.0. The highest BCUT2D eigenvalue weighted by Crippen LogP contribution is 2.27. The van der Waals surface area contributed by atoms with Crippen molar-refractivity contribution in [1.82, 2.24) is 20.2 Å². The van der Waals surface area contributed by atoms with E-state index in [1.165, 1.54) is 5.06 Å². The first-order chi connectivity index (χ1) is 8.87. The molecule has 0 spiro atoms. The number of nitrogens with one attached hydrogen (secondary N) is 1. The quantitative estimate of drug-likeness (QED) is 0.750. The van der Waals surface area contributed by atoms with Gasteiger partial charge < -0.3 is 5.32 Å². The van der Waals surface area contributed by atoms with Crippen molar-refractivity contribution >= 4 is 5.91 Å². The molecule has 104 valence electrons. The molecule has 0 aliphatic carbocycles. The standard InChI is InChI=1S/C13H20N4O2/c1-8-5-10-9(6-14-8)11-12(18)16(4)19-13(2,3)7-17(11)15-10/h8,14H,5-7H2,1-4H3/t8-/m1/s1. The van der Waals surface area contributed by atoms with Crippen LogP contribution in [0.3, 0.4) is 0 Å². The maximum Gasteiger partial charge on any atom is 0.295 e. The fourth-order valence-electron chi connectivity index (χ4n) is 2.84. The molecule has 0 saturated heterocycles. The van der Waals surface area contributed by atoms with E-state index in [-0.39, 0.29) is 5.91 Å². The second-order valence-corrected chi connectivity index (χ2v) is 6.07. The van der Waals surface area contributed by atoms with Crippen LogP contribution in [0, 0.1) is 0 Å². The predicted octanol–water partition coefficient (Wildman–Crippen LogP) is 0.713. The molecule has 6 heteroatoms. The van der Waals surface area contributed by atoms with Gasteiger partial charge in [0.15, 0.2) is 0 Å². The van der Waals surface area contributed by atoms with Gasteiger partial charge in [0.2, 0.25) is 0 Å². The maximum absolute atomic E-state index is 12.5. The molecule has 6 nitrogen and oxygen atoms in total. The third-order valence-corrected chi connectivity index (χ3v) is 3.66. The van der Waals surface area contributed by atoms with Gasteiger partial charge in [-0.15, -0.1) is 0 Å². The monoisotopic (exact) mass is 264 g/mol. The Hall–Kier alpha value is -1.40. The van der Waals surface area contributed by atoms with E-state index >= 15 is 0 Å². The Morgan fingerprint density at radius 2 is 2.21 bits per heavy atom. The Kier molecular flexibility index (Phi) is 2.69. The van der Waals surface area contributed by atoms with E-state index in [9.17, 15) is 4.79 Å². The van der Waals surface area contributed by atoms with E-state index in [1.54, 1.807) is 7.05 Å². The predicted molar refractivity (Wildman–Crippen MR) is 69.5 cm³/mol. The number of amides is 1. The molecule has 1 amide bonds. The third-order valence-electron chi connectivity index (χ3n) is 3.66. The Balaban J connectivity index is 2.11. The first kappa shape index (κ1) is 12.6. The fraction of sp³-hybridized carbons (Fsp3) is 0.692. The van der Waals surface area contributed by atoms with Crippen LogP contribution in [0.5, 0.6) is 0 Å².